The smallest absolute Gasteiger partial charge is 0.305 e. The van der Waals surface area contributed by atoms with Crippen LogP contribution in [0.1, 0.15) is 380 Å². The van der Waals surface area contributed by atoms with E-state index in [0.29, 0.717) is 19.4 Å². The van der Waals surface area contributed by atoms with E-state index < -0.39 is 12.1 Å². The second-order valence-electron chi connectivity index (χ2n) is 23.2. The van der Waals surface area contributed by atoms with E-state index in [1.165, 1.54) is 315 Å². The van der Waals surface area contributed by atoms with Gasteiger partial charge in [-0.3, -0.25) is 9.59 Å². The van der Waals surface area contributed by atoms with E-state index in [1.807, 2.05) is 6.08 Å². The quantitative estimate of drug-likeness (QED) is 0.0320. The lowest BCUT2D eigenvalue weighted by molar-refractivity contribution is -0.143. The Hall–Kier alpha value is -1.40. The van der Waals surface area contributed by atoms with Crippen molar-refractivity contribution in [3.8, 4) is 0 Å². The molecule has 73 heavy (non-hydrogen) atoms. The van der Waals surface area contributed by atoms with Gasteiger partial charge in [-0.25, -0.2) is 0 Å². The molecule has 0 aliphatic carbocycles. The highest BCUT2D eigenvalue weighted by Crippen LogP contribution is 2.19. The van der Waals surface area contributed by atoms with Crippen LogP contribution >= 0.6 is 0 Å². The Kier molecular flexibility index (Phi) is 61.9. The average molecular weight is 1030 g/mol. The molecular formula is C67H131NO5. The lowest BCUT2D eigenvalue weighted by atomic mass is 10.0. The number of aliphatic hydroxyl groups is 2. The molecule has 0 rings (SSSR count). The number of nitrogens with one attached hydrogen (secondary N) is 1. The van der Waals surface area contributed by atoms with Gasteiger partial charge in [0.05, 0.1) is 25.4 Å². The maximum absolute atomic E-state index is 12.5. The van der Waals surface area contributed by atoms with Crippen molar-refractivity contribution in [2.45, 2.75) is 392 Å². The number of carbonyl (C=O) groups excluding carboxylic acids is 2. The highest BCUT2D eigenvalue weighted by Gasteiger charge is 2.18. The molecule has 0 fully saturated rings. The third kappa shape index (κ3) is 59.7. The van der Waals surface area contributed by atoms with Crippen LogP contribution in [0.4, 0.5) is 0 Å². The number of aliphatic hydroxyl groups excluding tert-OH is 2. The lowest BCUT2D eigenvalue weighted by Gasteiger charge is -2.20. The van der Waals surface area contributed by atoms with Crippen LogP contribution in [0.2, 0.25) is 0 Å². The van der Waals surface area contributed by atoms with Gasteiger partial charge in [-0.2, -0.15) is 0 Å². The molecular weight excluding hydrogens is 899 g/mol. The van der Waals surface area contributed by atoms with Gasteiger partial charge in [0.1, 0.15) is 0 Å². The number of allylic oxidation sites excluding steroid dienone is 1. The van der Waals surface area contributed by atoms with Crippen molar-refractivity contribution in [3.05, 3.63) is 12.2 Å². The Morgan fingerprint density at radius 2 is 0.630 bits per heavy atom. The van der Waals surface area contributed by atoms with Crippen molar-refractivity contribution in [1.82, 2.24) is 5.32 Å². The Morgan fingerprint density at radius 1 is 0.370 bits per heavy atom. The van der Waals surface area contributed by atoms with Crippen LogP contribution in [0.5, 0.6) is 0 Å². The molecule has 0 bridgehead atoms. The summed E-state index contributed by atoms with van der Waals surface area (Å²) in [5, 5.41) is 23.2. The molecule has 0 heterocycles. The molecule has 0 saturated carbocycles. The molecule has 0 aromatic carbocycles. The lowest BCUT2D eigenvalue weighted by Crippen LogP contribution is -2.45. The number of hydrogen-bond acceptors (Lipinski definition) is 5. The van der Waals surface area contributed by atoms with Gasteiger partial charge in [-0.1, -0.05) is 347 Å². The number of amides is 1. The summed E-state index contributed by atoms with van der Waals surface area (Å²) in [6.07, 6.45) is 77.0. The van der Waals surface area contributed by atoms with E-state index in [9.17, 15) is 19.8 Å². The topological polar surface area (TPSA) is 95.9 Å². The minimum Gasteiger partial charge on any atom is -0.466 e. The highest BCUT2D eigenvalue weighted by atomic mass is 16.5. The fraction of sp³-hybridized carbons (Fsp3) is 0.940. The second kappa shape index (κ2) is 63.1. The van der Waals surface area contributed by atoms with Crippen LogP contribution < -0.4 is 5.32 Å². The fourth-order valence-corrected chi connectivity index (χ4v) is 10.7. The van der Waals surface area contributed by atoms with Gasteiger partial charge in [-0.15, -0.1) is 0 Å². The zero-order valence-electron chi connectivity index (χ0n) is 49.6. The maximum atomic E-state index is 12.5. The minimum atomic E-state index is -0.842. The Morgan fingerprint density at radius 3 is 0.932 bits per heavy atom. The Balaban J connectivity index is 3.36. The monoisotopic (exact) mass is 1030 g/mol. The summed E-state index contributed by atoms with van der Waals surface area (Å²) in [5.41, 5.74) is 0. The Bertz CT molecular complexity index is 1100. The van der Waals surface area contributed by atoms with Crippen LogP contribution in [0.15, 0.2) is 12.2 Å². The first-order valence-electron chi connectivity index (χ1n) is 33.5. The van der Waals surface area contributed by atoms with Crippen LogP contribution in [0, 0.1) is 0 Å². The molecule has 2 atom stereocenters. The third-order valence-electron chi connectivity index (χ3n) is 15.8. The van der Waals surface area contributed by atoms with Crippen LogP contribution in [0.3, 0.4) is 0 Å². The molecule has 1 amide bonds. The van der Waals surface area contributed by atoms with Gasteiger partial charge in [0.2, 0.25) is 5.91 Å². The first-order chi connectivity index (χ1) is 36.0. The van der Waals surface area contributed by atoms with Gasteiger partial charge in [0.15, 0.2) is 0 Å². The summed E-state index contributed by atoms with van der Waals surface area (Å²) in [7, 11) is 0. The van der Waals surface area contributed by atoms with Crippen LogP contribution in [-0.2, 0) is 14.3 Å². The first-order valence-corrected chi connectivity index (χ1v) is 33.5. The molecule has 6 nitrogen and oxygen atoms in total. The first kappa shape index (κ1) is 71.6. The van der Waals surface area contributed by atoms with E-state index in [4.69, 9.17) is 4.74 Å². The number of carbonyl (C=O) groups is 2. The van der Waals surface area contributed by atoms with E-state index in [-0.39, 0.29) is 18.5 Å². The maximum Gasteiger partial charge on any atom is 0.305 e. The molecule has 434 valence electrons. The molecule has 0 aliphatic heterocycles. The molecule has 0 saturated heterocycles. The number of ether oxygens (including phenoxy) is 1. The zero-order chi connectivity index (χ0) is 52.9. The van der Waals surface area contributed by atoms with Crippen molar-refractivity contribution in [2.75, 3.05) is 13.2 Å². The molecule has 0 aromatic rings. The zero-order valence-corrected chi connectivity index (χ0v) is 49.6. The molecule has 3 N–H and O–H groups in total. The summed E-state index contributed by atoms with van der Waals surface area (Å²) in [6, 6.07) is -0.625. The highest BCUT2D eigenvalue weighted by molar-refractivity contribution is 5.76. The predicted molar refractivity (Wildman–Crippen MR) is 320 cm³/mol. The van der Waals surface area contributed by atoms with Crippen molar-refractivity contribution in [3.63, 3.8) is 0 Å². The third-order valence-corrected chi connectivity index (χ3v) is 15.8. The van der Waals surface area contributed by atoms with Gasteiger partial charge in [-0.05, 0) is 32.1 Å². The standard InChI is InChI=1S/C67H131NO5/c1-3-5-7-9-11-13-15-17-19-32-35-39-43-47-51-55-59-65(70)64(63-69)68-66(71)60-56-52-48-44-40-36-33-30-28-26-24-22-20-21-23-25-27-29-31-34-38-42-46-50-54-58-62-73-67(72)61-57-53-49-45-41-37-18-16-14-12-10-8-6-4-2/h55,59,64-65,69-70H,3-54,56-58,60-63H2,1-2H3,(H,68,71)/b59-55+. The van der Waals surface area contributed by atoms with E-state index >= 15 is 0 Å². The fourth-order valence-electron chi connectivity index (χ4n) is 10.7. The minimum absolute atomic E-state index is 0.0199. The number of unbranched alkanes of at least 4 members (excludes halogenated alkanes) is 52. The molecule has 0 radical (unpaired) electrons. The summed E-state index contributed by atoms with van der Waals surface area (Å²) in [6.45, 7) is 4.94. The summed E-state index contributed by atoms with van der Waals surface area (Å²) < 4.78 is 5.49. The SMILES string of the molecule is CCCCCCCCCCCCCCCC/C=C/C(O)C(CO)NC(=O)CCCCCCCCCCCCCCCCCCCCCCCCCCCCOC(=O)CCCCCCCCCCCCCCCC. The molecule has 0 aliphatic rings. The van der Waals surface area contributed by atoms with Gasteiger partial charge < -0.3 is 20.3 Å². The number of esters is 1. The summed E-state index contributed by atoms with van der Waals surface area (Å²) in [4.78, 5) is 24.5. The van der Waals surface area contributed by atoms with Crippen LogP contribution in [0.25, 0.3) is 0 Å². The molecule has 0 spiro atoms. The van der Waals surface area contributed by atoms with Crippen LogP contribution in [-0.4, -0.2) is 47.4 Å². The second-order valence-corrected chi connectivity index (χ2v) is 23.2. The number of rotatable bonds is 63. The van der Waals surface area contributed by atoms with Gasteiger partial charge >= 0.3 is 5.97 Å². The Labute approximate surface area is 457 Å². The molecule has 0 aromatic heterocycles. The van der Waals surface area contributed by atoms with Gasteiger partial charge in [0.25, 0.3) is 0 Å². The van der Waals surface area contributed by atoms with Crippen molar-refractivity contribution < 1.29 is 24.5 Å². The summed E-state index contributed by atoms with van der Waals surface area (Å²) in [5.74, 6) is -0.0428. The van der Waals surface area contributed by atoms with E-state index in [2.05, 4.69) is 19.2 Å². The van der Waals surface area contributed by atoms with E-state index in [1.54, 1.807) is 6.08 Å². The van der Waals surface area contributed by atoms with Crippen molar-refractivity contribution in [2.24, 2.45) is 0 Å². The van der Waals surface area contributed by atoms with Crippen molar-refractivity contribution in [1.29, 1.82) is 0 Å². The predicted octanol–water partition coefficient (Wildman–Crippen LogP) is 21.2. The molecule has 6 heteroatoms. The average Bonchev–Trinajstić information content (AvgIpc) is 3.39. The normalized spacial score (nSPS) is 12.5. The van der Waals surface area contributed by atoms with Gasteiger partial charge in [0, 0.05) is 12.8 Å². The molecule has 2 unspecified atom stereocenters. The van der Waals surface area contributed by atoms with Crippen molar-refractivity contribution >= 4 is 11.9 Å². The largest absolute Gasteiger partial charge is 0.466 e. The summed E-state index contributed by atoms with van der Waals surface area (Å²) >= 11 is 0. The number of hydrogen-bond donors (Lipinski definition) is 3. The van der Waals surface area contributed by atoms with E-state index in [0.717, 1.165) is 38.5 Å².